The van der Waals surface area contributed by atoms with E-state index in [0.717, 1.165) is 25.7 Å². The maximum absolute atomic E-state index is 13.8. The Morgan fingerprint density at radius 3 is 2.49 bits per heavy atom. The lowest BCUT2D eigenvalue weighted by Gasteiger charge is -2.36. The van der Waals surface area contributed by atoms with Gasteiger partial charge in [0.25, 0.3) is 0 Å². The van der Waals surface area contributed by atoms with E-state index in [1.54, 1.807) is 44.3 Å². The van der Waals surface area contributed by atoms with Crippen molar-refractivity contribution in [3.05, 3.63) is 45.8 Å². The van der Waals surface area contributed by atoms with Crippen molar-refractivity contribution in [2.24, 2.45) is 11.3 Å². The Morgan fingerprint density at radius 2 is 1.86 bits per heavy atom. The number of aromatic nitrogens is 2. The zero-order chi connectivity index (χ0) is 27.0. The van der Waals surface area contributed by atoms with Crippen LogP contribution in [0.1, 0.15) is 60.3 Å². The van der Waals surface area contributed by atoms with Gasteiger partial charge in [0.2, 0.25) is 15.8 Å². The molecule has 1 aliphatic heterocycles. The quantitative estimate of drug-likeness (QED) is 0.472. The molecule has 1 aliphatic carbocycles. The predicted molar refractivity (Wildman–Crippen MR) is 149 cm³/mol. The Labute approximate surface area is 225 Å². The first kappa shape index (κ1) is 27.9. The third kappa shape index (κ3) is 5.83. The van der Waals surface area contributed by atoms with E-state index in [0.29, 0.717) is 48.5 Å². The second kappa shape index (κ2) is 10.9. The summed E-state index contributed by atoms with van der Waals surface area (Å²) in [5, 5.41) is 4.50. The molecule has 4 rings (SSSR count). The third-order valence-corrected chi connectivity index (χ3v) is 10.7. The van der Waals surface area contributed by atoms with Crippen LogP contribution in [0.2, 0.25) is 5.02 Å². The van der Waals surface area contributed by atoms with Gasteiger partial charge in [0.05, 0.1) is 23.2 Å². The van der Waals surface area contributed by atoms with Crippen LogP contribution in [0.25, 0.3) is 5.69 Å². The summed E-state index contributed by atoms with van der Waals surface area (Å²) in [6.45, 7) is 11.8. The molecule has 2 atom stereocenters. The van der Waals surface area contributed by atoms with Crippen molar-refractivity contribution in [3.63, 3.8) is 0 Å². The van der Waals surface area contributed by atoms with Crippen molar-refractivity contribution >= 4 is 27.3 Å². The van der Waals surface area contributed by atoms with Crippen molar-refractivity contribution in [2.45, 2.75) is 71.7 Å². The minimum atomic E-state index is -3.33. The molecule has 0 bridgehead atoms. The second-order valence-electron chi connectivity index (χ2n) is 11.1. The van der Waals surface area contributed by atoms with Crippen LogP contribution in [0, 0.1) is 11.3 Å². The molecule has 10 heteroatoms. The lowest BCUT2D eigenvalue weighted by molar-refractivity contribution is 0.162. The number of rotatable bonds is 8. The number of sulfonamides is 1. The molecular formula is C27H39ClN4O4S. The van der Waals surface area contributed by atoms with Crippen molar-refractivity contribution in [2.75, 3.05) is 31.1 Å². The molecule has 0 N–H and O–H groups in total. The minimum absolute atomic E-state index is 0.0555. The molecule has 8 nitrogen and oxygen atoms in total. The van der Waals surface area contributed by atoms with E-state index in [-0.39, 0.29) is 22.8 Å². The number of hydrogen-bond acceptors (Lipinski definition) is 6. The summed E-state index contributed by atoms with van der Waals surface area (Å²) in [4.78, 5) is 15.8. The van der Waals surface area contributed by atoms with Gasteiger partial charge in [-0.15, -0.1) is 0 Å². The molecule has 1 aromatic carbocycles. The Bertz CT molecular complexity index is 1270. The van der Waals surface area contributed by atoms with Crippen molar-refractivity contribution in [3.8, 4) is 11.4 Å². The van der Waals surface area contributed by atoms with E-state index in [1.165, 1.54) is 8.99 Å². The van der Waals surface area contributed by atoms with Gasteiger partial charge in [-0.1, -0.05) is 44.9 Å². The van der Waals surface area contributed by atoms with Gasteiger partial charge in [0, 0.05) is 31.2 Å². The first-order valence-electron chi connectivity index (χ1n) is 13.2. The number of anilines is 1. The van der Waals surface area contributed by atoms with E-state index in [1.807, 2.05) is 4.90 Å². The lowest BCUT2D eigenvalue weighted by atomic mass is 9.76. The van der Waals surface area contributed by atoms with Crippen LogP contribution in [-0.4, -0.2) is 60.0 Å². The van der Waals surface area contributed by atoms with Gasteiger partial charge in [0.1, 0.15) is 5.69 Å². The van der Waals surface area contributed by atoms with Crippen LogP contribution in [0.5, 0.6) is 5.75 Å². The number of nitrogens with zero attached hydrogens (tertiary/aromatic N) is 4. The minimum Gasteiger partial charge on any atom is -0.483 e. The summed E-state index contributed by atoms with van der Waals surface area (Å²) in [5.74, 6) is 0.808. The average molecular weight is 551 g/mol. The van der Waals surface area contributed by atoms with Gasteiger partial charge in [-0.05, 0) is 62.6 Å². The Hall–Kier alpha value is -2.10. The molecule has 1 aromatic heterocycles. The zero-order valence-corrected chi connectivity index (χ0v) is 24.1. The average Bonchev–Trinajstić information content (AvgIpc) is 3.35. The number of piperazine rings is 1. The third-order valence-electron chi connectivity index (χ3n) is 8.19. The summed E-state index contributed by atoms with van der Waals surface area (Å²) in [5.41, 5.74) is 1.06. The first-order valence-corrected chi connectivity index (χ1v) is 15.1. The normalized spacial score (nSPS) is 21.5. The van der Waals surface area contributed by atoms with E-state index < -0.39 is 15.3 Å². The molecule has 1 saturated heterocycles. The van der Waals surface area contributed by atoms with Crippen LogP contribution in [0.3, 0.4) is 0 Å². The first-order chi connectivity index (χ1) is 17.4. The highest BCUT2D eigenvalue weighted by Gasteiger charge is 2.37. The zero-order valence-electron chi connectivity index (χ0n) is 22.5. The Kier molecular flexibility index (Phi) is 8.26. The lowest BCUT2D eigenvalue weighted by Crippen LogP contribution is -2.50. The Morgan fingerprint density at radius 1 is 1.16 bits per heavy atom. The summed E-state index contributed by atoms with van der Waals surface area (Å²) >= 11 is 6.19. The van der Waals surface area contributed by atoms with Gasteiger partial charge in [-0.3, -0.25) is 4.79 Å². The number of halogens is 1. The molecule has 1 saturated carbocycles. The highest BCUT2D eigenvalue weighted by Crippen LogP contribution is 2.43. The van der Waals surface area contributed by atoms with E-state index >= 15 is 0 Å². The fourth-order valence-electron chi connectivity index (χ4n) is 5.25. The fourth-order valence-corrected chi connectivity index (χ4v) is 6.70. The molecule has 204 valence electrons. The monoisotopic (exact) mass is 550 g/mol. The molecule has 37 heavy (non-hydrogen) atoms. The molecular weight excluding hydrogens is 512 g/mol. The number of benzene rings is 1. The number of ether oxygens (including phenoxy) is 1. The van der Waals surface area contributed by atoms with Gasteiger partial charge in [-0.2, -0.15) is 14.1 Å². The van der Waals surface area contributed by atoms with Gasteiger partial charge in [0.15, 0.2) is 0 Å². The van der Waals surface area contributed by atoms with Crippen LogP contribution < -0.4 is 15.2 Å². The smallest absolute Gasteiger partial charge is 0.316 e. The molecule has 2 heterocycles. The van der Waals surface area contributed by atoms with E-state index in [4.69, 9.17) is 16.3 Å². The van der Waals surface area contributed by atoms with Crippen LogP contribution >= 0.6 is 11.6 Å². The van der Waals surface area contributed by atoms with Crippen LogP contribution in [-0.2, 0) is 10.0 Å². The summed E-state index contributed by atoms with van der Waals surface area (Å²) in [7, 11) is -3.33. The molecule has 0 radical (unpaired) electrons. The van der Waals surface area contributed by atoms with Gasteiger partial charge >= 0.3 is 5.56 Å². The van der Waals surface area contributed by atoms with Crippen LogP contribution in [0.15, 0.2) is 35.3 Å². The molecule has 2 unspecified atom stereocenters. The van der Waals surface area contributed by atoms with Gasteiger partial charge in [-0.25, -0.2) is 8.42 Å². The summed E-state index contributed by atoms with van der Waals surface area (Å²) < 4.78 is 34.7. The largest absolute Gasteiger partial charge is 0.483 e. The highest BCUT2D eigenvalue weighted by molar-refractivity contribution is 7.89. The van der Waals surface area contributed by atoms with Crippen molar-refractivity contribution < 1.29 is 13.2 Å². The predicted octanol–water partition coefficient (Wildman–Crippen LogP) is 4.73. The molecule has 0 spiro atoms. The summed E-state index contributed by atoms with van der Waals surface area (Å²) in [6, 6.07) is 7.02. The maximum Gasteiger partial charge on any atom is 0.316 e. The highest BCUT2D eigenvalue weighted by atomic mass is 35.5. The topological polar surface area (TPSA) is 84.7 Å². The molecule has 0 amide bonds. The van der Waals surface area contributed by atoms with E-state index in [2.05, 4.69) is 25.9 Å². The van der Waals surface area contributed by atoms with Gasteiger partial charge < -0.3 is 9.64 Å². The SMILES string of the molecule is CCC(C)(C)C1CCC(Oc2c(N3CCN(S(=O)(=O)C(C)C)CC3)cnn(-c3cccc(Cl)c3)c2=O)C1. The molecule has 2 aliphatic rings. The molecule has 2 fully saturated rings. The second-order valence-corrected chi connectivity index (χ2v) is 14.1. The van der Waals surface area contributed by atoms with Crippen molar-refractivity contribution in [1.82, 2.24) is 14.1 Å². The molecule has 2 aromatic rings. The van der Waals surface area contributed by atoms with Crippen molar-refractivity contribution in [1.29, 1.82) is 0 Å². The fraction of sp³-hybridized carbons (Fsp3) is 0.630. The standard InChI is InChI=1S/C27H39ClN4O4S/c1-6-27(4,5)20-10-11-23(16-20)36-25-24(30-12-14-31(15-13-30)37(34,35)19(2)3)18-29-32(26(25)33)22-9-7-8-21(28)17-22/h7-9,17-20,23H,6,10-16H2,1-5H3. The summed E-state index contributed by atoms with van der Waals surface area (Å²) in [6.07, 6.45) is 5.56. The van der Waals surface area contributed by atoms with E-state index in [9.17, 15) is 13.2 Å². The Balaban J connectivity index is 1.65. The van der Waals surface area contributed by atoms with Crippen LogP contribution in [0.4, 0.5) is 5.69 Å². The maximum atomic E-state index is 13.8. The number of hydrogen-bond donors (Lipinski definition) is 0.